The predicted molar refractivity (Wildman–Crippen MR) is 75.0 cm³/mol. The molecule has 7 heteroatoms. The van der Waals surface area contributed by atoms with E-state index in [0.29, 0.717) is 19.0 Å². The van der Waals surface area contributed by atoms with Crippen LogP contribution in [0.3, 0.4) is 0 Å². The number of sulfonamides is 1. The number of hydrogen-bond donors (Lipinski definition) is 2. The topological polar surface area (TPSA) is 101 Å². The first-order chi connectivity index (χ1) is 9.36. The molecule has 0 aliphatic heterocycles. The first kappa shape index (κ1) is 14.8. The molecule has 1 aromatic rings. The highest BCUT2D eigenvalue weighted by atomic mass is 32.2. The average Bonchev–Trinajstić information content (AvgIpc) is 3.19. The smallest absolute Gasteiger partial charge is 0.337 e. The van der Waals surface area contributed by atoms with Crippen LogP contribution in [0.1, 0.15) is 30.1 Å². The zero-order valence-corrected chi connectivity index (χ0v) is 12.1. The molecule has 1 saturated carbocycles. The van der Waals surface area contributed by atoms with E-state index >= 15 is 0 Å². The van der Waals surface area contributed by atoms with Crippen molar-refractivity contribution >= 4 is 21.7 Å². The van der Waals surface area contributed by atoms with Gasteiger partial charge in [-0.3, -0.25) is 0 Å². The maximum absolute atomic E-state index is 12.6. The first-order valence-electron chi connectivity index (χ1n) is 6.49. The molecule has 0 atom stereocenters. The Bertz CT molecular complexity index is 623. The van der Waals surface area contributed by atoms with Gasteiger partial charge in [-0.15, -0.1) is 0 Å². The molecule has 0 amide bonds. The SMILES string of the molecule is CCN(CC1CC1)S(=O)(=O)c1ccc(N)cc1C(=O)O. The number of anilines is 1. The molecule has 2 rings (SSSR count). The van der Waals surface area contributed by atoms with Crippen molar-refractivity contribution < 1.29 is 18.3 Å². The monoisotopic (exact) mass is 298 g/mol. The van der Waals surface area contributed by atoms with Gasteiger partial charge in [0.1, 0.15) is 0 Å². The molecule has 0 unspecified atom stereocenters. The van der Waals surface area contributed by atoms with E-state index in [1.165, 1.54) is 22.5 Å². The summed E-state index contributed by atoms with van der Waals surface area (Å²) in [6, 6.07) is 3.86. The van der Waals surface area contributed by atoms with Crippen LogP contribution in [0, 0.1) is 5.92 Å². The van der Waals surface area contributed by atoms with Crippen LogP contribution >= 0.6 is 0 Å². The Morgan fingerprint density at radius 1 is 1.45 bits per heavy atom. The second-order valence-corrected chi connectivity index (χ2v) is 6.87. The quantitative estimate of drug-likeness (QED) is 0.773. The molecule has 1 aliphatic carbocycles. The van der Waals surface area contributed by atoms with Crippen molar-refractivity contribution in [1.82, 2.24) is 4.31 Å². The van der Waals surface area contributed by atoms with Gasteiger partial charge < -0.3 is 10.8 Å². The first-order valence-corrected chi connectivity index (χ1v) is 7.93. The molecule has 3 N–H and O–H groups in total. The largest absolute Gasteiger partial charge is 0.478 e. The van der Waals surface area contributed by atoms with Crippen molar-refractivity contribution in [3.8, 4) is 0 Å². The van der Waals surface area contributed by atoms with E-state index in [2.05, 4.69) is 0 Å². The van der Waals surface area contributed by atoms with Crippen LogP contribution in [-0.2, 0) is 10.0 Å². The maximum Gasteiger partial charge on any atom is 0.337 e. The molecule has 0 heterocycles. The van der Waals surface area contributed by atoms with Crippen LogP contribution in [0.25, 0.3) is 0 Å². The van der Waals surface area contributed by atoms with Gasteiger partial charge >= 0.3 is 5.97 Å². The maximum atomic E-state index is 12.6. The summed E-state index contributed by atoms with van der Waals surface area (Å²) in [6.45, 7) is 2.52. The molecule has 1 aliphatic rings. The molecule has 110 valence electrons. The summed E-state index contributed by atoms with van der Waals surface area (Å²) in [5, 5.41) is 9.16. The normalized spacial score (nSPS) is 15.5. The Morgan fingerprint density at radius 3 is 2.60 bits per heavy atom. The third kappa shape index (κ3) is 2.94. The Morgan fingerprint density at radius 2 is 2.10 bits per heavy atom. The fourth-order valence-corrected chi connectivity index (χ4v) is 3.75. The minimum absolute atomic E-state index is 0.193. The Balaban J connectivity index is 2.44. The average molecular weight is 298 g/mol. The van der Waals surface area contributed by atoms with Gasteiger partial charge in [-0.05, 0) is 37.0 Å². The standard InChI is InChI=1S/C13H18N2O4S/c1-2-15(8-9-3-4-9)20(18,19)12-6-5-10(14)7-11(12)13(16)17/h5-7,9H,2-4,8,14H2,1H3,(H,16,17). The fourth-order valence-electron chi connectivity index (χ4n) is 2.06. The molecule has 0 aromatic heterocycles. The molecular weight excluding hydrogens is 280 g/mol. The number of carbonyl (C=O) groups is 1. The van der Waals surface area contributed by atoms with Crippen LogP contribution in [0.5, 0.6) is 0 Å². The van der Waals surface area contributed by atoms with E-state index < -0.39 is 16.0 Å². The number of nitrogens with zero attached hydrogens (tertiary/aromatic N) is 1. The lowest BCUT2D eigenvalue weighted by molar-refractivity contribution is 0.0692. The summed E-state index contributed by atoms with van der Waals surface area (Å²) < 4.78 is 26.5. The molecule has 0 saturated heterocycles. The summed E-state index contributed by atoms with van der Waals surface area (Å²) in [6.07, 6.45) is 2.05. The number of nitrogens with two attached hydrogens (primary N) is 1. The van der Waals surface area contributed by atoms with E-state index in [0.717, 1.165) is 12.8 Å². The minimum Gasteiger partial charge on any atom is -0.478 e. The molecule has 1 fully saturated rings. The molecular formula is C13H18N2O4S. The highest BCUT2D eigenvalue weighted by Gasteiger charge is 2.33. The molecule has 6 nitrogen and oxygen atoms in total. The molecule has 0 spiro atoms. The Kier molecular flexibility index (Phi) is 4.01. The second kappa shape index (κ2) is 5.41. The third-order valence-corrected chi connectivity index (χ3v) is 5.36. The number of carboxylic acids is 1. The second-order valence-electron chi connectivity index (χ2n) is 4.96. The predicted octanol–water partition coefficient (Wildman–Crippen LogP) is 1.39. The summed E-state index contributed by atoms with van der Waals surface area (Å²) in [4.78, 5) is 11.0. The van der Waals surface area contributed by atoms with E-state index in [1.54, 1.807) is 6.92 Å². The van der Waals surface area contributed by atoms with Crippen molar-refractivity contribution in [2.45, 2.75) is 24.7 Å². The lowest BCUT2D eigenvalue weighted by atomic mass is 10.2. The number of carboxylic acid groups (broad SMARTS) is 1. The molecule has 20 heavy (non-hydrogen) atoms. The van der Waals surface area contributed by atoms with Crippen LogP contribution < -0.4 is 5.73 Å². The number of benzene rings is 1. The Labute approximate surface area is 118 Å². The number of rotatable bonds is 6. The van der Waals surface area contributed by atoms with E-state index in [-0.39, 0.29) is 16.1 Å². The van der Waals surface area contributed by atoms with E-state index in [9.17, 15) is 13.2 Å². The summed E-state index contributed by atoms with van der Waals surface area (Å²) >= 11 is 0. The Hall–Kier alpha value is -1.60. The van der Waals surface area contributed by atoms with Crippen LogP contribution in [0.15, 0.2) is 23.1 Å². The van der Waals surface area contributed by atoms with Gasteiger partial charge in [0.05, 0.1) is 10.5 Å². The lowest BCUT2D eigenvalue weighted by Crippen LogP contribution is -2.33. The van der Waals surface area contributed by atoms with Gasteiger partial charge in [0.2, 0.25) is 10.0 Å². The van der Waals surface area contributed by atoms with Gasteiger partial charge in [-0.25, -0.2) is 13.2 Å². The number of aromatic carboxylic acids is 1. The van der Waals surface area contributed by atoms with Crippen molar-refractivity contribution in [2.24, 2.45) is 5.92 Å². The summed E-state index contributed by atoms with van der Waals surface area (Å²) in [5.41, 5.74) is 5.49. The van der Waals surface area contributed by atoms with E-state index in [4.69, 9.17) is 10.8 Å². The van der Waals surface area contributed by atoms with Crippen LogP contribution in [-0.4, -0.2) is 36.9 Å². The third-order valence-electron chi connectivity index (χ3n) is 3.36. The number of nitrogen functional groups attached to an aromatic ring is 1. The van der Waals surface area contributed by atoms with Crippen molar-refractivity contribution in [3.63, 3.8) is 0 Å². The van der Waals surface area contributed by atoms with Gasteiger partial charge in [0, 0.05) is 18.8 Å². The van der Waals surface area contributed by atoms with Crippen molar-refractivity contribution in [3.05, 3.63) is 23.8 Å². The van der Waals surface area contributed by atoms with Gasteiger partial charge in [0.25, 0.3) is 0 Å². The molecule has 1 aromatic carbocycles. The number of hydrogen-bond acceptors (Lipinski definition) is 4. The zero-order chi connectivity index (χ0) is 14.9. The molecule has 0 radical (unpaired) electrons. The summed E-state index contributed by atoms with van der Waals surface area (Å²) in [5.74, 6) is -0.898. The highest BCUT2D eigenvalue weighted by Crippen LogP contribution is 2.32. The lowest BCUT2D eigenvalue weighted by Gasteiger charge is -2.21. The van der Waals surface area contributed by atoms with Gasteiger partial charge in [-0.2, -0.15) is 4.31 Å². The van der Waals surface area contributed by atoms with Crippen molar-refractivity contribution in [2.75, 3.05) is 18.8 Å². The van der Waals surface area contributed by atoms with Crippen LogP contribution in [0.2, 0.25) is 0 Å². The van der Waals surface area contributed by atoms with E-state index in [1.807, 2.05) is 0 Å². The molecule has 0 bridgehead atoms. The highest BCUT2D eigenvalue weighted by molar-refractivity contribution is 7.89. The fraction of sp³-hybridized carbons (Fsp3) is 0.462. The van der Waals surface area contributed by atoms with Crippen LogP contribution in [0.4, 0.5) is 5.69 Å². The van der Waals surface area contributed by atoms with Crippen molar-refractivity contribution in [1.29, 1.82) is 0 Å². The zero-order valence-electron chi connectivity index (χ0n) is 11.2. The minimum atomic E-state index is -3.80. The van der Waals surface area contributed by atoms with Gasteiger partial charge in [-0.1, -0.05) is 6.92 Å². The van der Waals surface area contributed by atoms with Gasteiger partial charge in [0.15, 0.2) is 0 Å². The summed E-state index contributed by atoms with van der Waals surface area (Å²) in [7, 11) is -3.80.